The predicted molar refractivity (Wildman–Crippen MR) is 85.8 cm³/mol. The molecule has 0 bridgehead atoms. The zero-order valence-corrected chi connectivity index (χ0v) is 13.5. The molecule has 2 atom stereocenters. The molecule has 0 aliphatic carbocycles. The Kier molecular flexibility index (Phi) is 6.63. The fourth-order valence-electron chi connectivity index (χ4n) is 2.69. The van der Waals surface area contributed by atoms with Crippen molar-refractivity contribution in [1.29, 1.82) is 0 Å². The molecule has 112 valence electrons. The fraction of sp³-hybridized carbons (Fsp3) is 0.625. The van der Waals surface area contributed by atoms with Gasteiger partial charge in [-0.2, -0.15) is 0 Å². The van der Waals surface area contributed by atoms with Gasteiger partial charge in [0.1, 0.15) is 0 Å². The molecular weight excluding hydrogens is 293 g/mol. The smallest absolute Gasteiger partial charge is 0.0595 e. The Morgan fingerprint density at radius 3 is 2.85 bits per heavy atom. The van der Waals surface area contributed by atoms with Gasteiger partial charge in [-0.1, -0.05) is 36.2 Å². The summed E-state index contributed by atoms with van der Waals surface area (Å²) >= 11 is 12.1. The van der Waals surface area contributed by atoms with Gasteiger partial charge in [0.25, 0.3) is 0 Å². The van der Waals surface area contributed by atoms with E-state index >= 15 is 0 Å². The number of hydrogen-bond donors (Lipinski definition) is 1. The van der Waals surface area contributed by atoms with Crippen LogP contribution in [0.1, 0.15) is 38.2 Å². The number of ether oxygens (including phenoxy) is 1. The molecule has 4 heteroatoms. The Labute approximate surface area is 131 Å². The van der Waals surface area contributed by atoms with Gasteiger partial charge in [0.05, 0.1) is 16.1 Å². The van der Waals surface area contributed by atoms with Crippen LogP contribution in [0.15, 0.2) is 18.2 Å². The maximum Gasteiger partial charge on any atom is 0.0595 e. The second kappa shape index (κ2) is 8.23. The molecule has 1 heterocycles. The molecule has 0 amide bonds. The van der Waals surface area contributed by atoms with Gasteiger partial charge in [0, 0.05) is 12.6 Å². The molecule has 2 unspecified atom stereocenters. The van der Waals surface area contributed by atoms with E-state index in [1.54, 1.807) is 0 Å². The second-order valence-electron chi connectivity index (χ2n) is 5.47. The third-order valence-electron chi connectivity index (χ3n) is 3.72. The van der Waals surface area contributed by atoms with Crippen molar-refractivity contribution in [3.8, 4) is 0 Å². The molecule has 1 aromatic carbocycles. The molecule has 0 saturated carbocycles. The number of nitrogens with one attached hydrogen (secondary N) is 1. The highest BCUT2D eigenvalue weighted by atomic mass is 35.5. The highest BCUT2D eigenvalue weighted by Crippen LogP contribution is 2.24. The Bertz CT molecular complexity index is 419. The van der Waals surface area contributed by atoms with Gasteiger partial charge >= 0.3 is 0 Å². The molecular formula is C16H23Cl2NO. The average Bonchev–Trinajstić information content (AvgIpc) is 2.93. The Morgan fingerprint density at radius 1 is 1.35 bits per heavy atom. The van der Waals surface area contributed by atoms with E-state index in [9.17, 15) is 0 Å². The summed E-state index contributed by atoms with van der Waals surface area (Å²) in [5.41, 5.74) is 1.23. The lowest BCUT2D eigenvalue weighted by Crippen LogP contribution is -2.35. The SMILES string of the molecule is CCCNC(Cc1ccc(Cl)c(Cl)c1)CC1CCCO1. The monoisotopic (exact) mass is 315 g/mol. The van der Waals surface area contributed by atoms with Crippen LogP contribution in [-0.2, 0) is 11.2 Å². The minimum Gasteiger partial charge on any atom is -0.378 e. The number of hydrogen-bond acceptors (Lipinski definition) is 2. The van der Waals surface area contributed by atoms with Crippen LogP contribution in [0.4, 0.5) is 0 Å². The van der Waals surface area contributed by atoms with Gasteiger partial charge in [-0.25, -0.2) is 0 Å². The van der Waals surface area contributed by atoms with E-state index in [1.807, 2.05) is 12.1 Å². The van der Waals surface area contributed by atoms with E-state index in [0.29, 0.717) is 22.2 Å². The van der Waals surface area contributed by atoms with Gasteiger partial charge in [-0.15, -0.1) is 0 Å². The van der Waals surface area contributed by atoms with Crippen LogP contribution in [0.2, 0.25) is 10.0 Å². The van der Waals surface area contributed by atoms with E-state index in [-0.39, 0.29) is 0 Å². The minimum absolute atomic E-state index is 0.409. The maximum atomic E-state index is 6.09. The van der Waals surface area contributed by atoms with Gasteiger partial charge in [-0.05, 0) is 56.3 Å². The normalized spacial score (nSPS) is 20.2. The molecule has 1 aliphatic rings. The van der Waals surface area contributed by atoms with Crippen molar-refractivity contribution in [3.63, 3.8) is 0 Å². The van der Waals surface area contributed by atoms with Crippen molar-refractivity contribution in [2.24, 2.45) is 0 Å². The first-order valence-corrected chi connectivity index (χ1v) is 8.23. The summed E-state index contributed by atoms with van der Waals surface area (Å²) in [6.07, 6.45) is 5.97. The Balaban J connectivity index is 1.95. The zero-order valence-electron chi connectivity index (χ0n) is 12.0. The quantitative estimate of drug-likeness (QED) is 0.801. The molecule has 20 heavy (non-hydrogen) atoms. The Morgan fingerprint density at radius 2 is 2.20 bits per heavy atom. The summed E-state index contributed by atoms with van der Waals surface area (Å²) in [4.78, 5) is 0. The third-order valence-corrected chi connectivity index (χ3v) is 4.46. The van der Waals surface area contributed by atoms with Crippen LogP contribution in [0.25, 0.3) is 0 Å². The average molecular weight is 316 g/mol. The summed E-state index contributed by atoms with van der Waals surface area (Å²) in [5.74, 6) is 0. The maximum absolute atomic E-state index is 6.09. The van der Waals surface area contributed by atoms with Crippen LogP contribution in [-0.4, -0.2) is 25.3 Å². The summed E-state index contributed by atoms with van der Waals surface area (Å²) in [6.45, 7) is 4.14. The molecule has 0 aromatic heterocycles. The topological polar surface area (TPSA) is 21.3 Å². The lowest BCUT2D eigenvalue weighted by molar-refractivity contribution is 0.0946. The van der Waals surface area contributed by atoms with Crippen LogP contribution >= 0.6 is 23.2 Å². The highest BCUT2D eigenvalue weighted by molar-refractivity contribution is 6.42. The number of benzene rings is 1. The van der Waals surface area contributed by atoms with Gasteiger partial charge in [0.15, 0.2) is 0 Å². The standard InChI is InChI=1S/C16H23Cl2NO/c1-2-7-19-13(11-14-4-3-8-20-14)9-12-5-6-15(17)16(18)10-12/h5-6,10,13-14,19H,2-4,7-9,11H2,1H3. The van der Waals surface area contributed by atoms with Crippen LogP contribution in [0.5, 0.6) is 0 Å². The molecule has 2 rings (SSSR count). The molecule has 1 aromatic rings. The summed E-state index contributed by atoms with van der Waals surface area (Å²) in [7, 11) is 0. The van der Waals surface area contributed by atoms with Gasteiger partial charge in [0.2, 0.25) is 0 Å². The van der Waals surface area contributed by atoms with Crippen molar-refractivity contribution in [3.05, 3.63) is 33.8 Å². The van der Waals surface area contributed by atoms with Crippen LogP contribution in [0, 0.1) is 0 Å². The van der Waals surface area contributed by atoms with E-state index in [2.05, 4.69) is 18.3 Å². The van der Waals surface area contributed by atoms with E-state index in [4.69, 9.17) is 27.9 Å². The predicted octanol–water partition coefficient (Wildman–Crippen LogP) is 4.47. The number of halogens is 2. The van der Waals surface area contributed by atoms with Crippen molar-refractivity contribution in [1.82, 2.24) is 5.32 Å². The van der Waals surface area contributed by atoms with Crippen molar-refractivity contribution >= 4 is 23.2 Å². The van der Waals surface area contributed by atoms with E-state index in [0.717, 1.165) is 32.4 Å². The van der Waals surface area contributed by atoms with Gasteiger partial charge < -0.3 is 10.1 Å². The molecule has 1 fully saturated rings. The van der Waals surface area contributed by atoms with Crippen molar-refractivity contribution in [2.45, 2.75) is 51.2 Å². The molecule has 0 radical (unpaired) electrons. The van der Waals surface area contributed by atoms with Gasteiger partial charge in [-0.3, -0.25) is 0 Å². The molecule has 1 N–H and O–H groups in total. The van der Waals surface area contributed by atoms with Crippen LogP contribution < -0.4 is 5.32 Å². The molecule has 1 aliphatic heterocycles. The first-order chi connectivity index (χ1) is 9.69. The zero-order chi connectivity index (χ0) is 14.4. The third kappa shape index (κ3) is 4.92. The molecule has 1 saturated heterocycles. The number of rotatable bonds is 7. The molecule has 2 nitrogen and oxygen atoms in total. The van der Waals surface area contributed by atoms with Crippen molar-refractivity contribution < 1.29 is 4.74 Å². The lowest BCUT2D eigenvalue weighted by Gasteiger charge is -2.22. The first kappa shape index (κ1) is 16.1. The summed E-state index contributed by atoms with van der Waals surface area (Å²) < 4.78 is 5.76. The first-order valence-electron chi connectivity index (χ1n) is 7.48. The van der Waals surface area contributed by atoms with E-state index in [1.165, 1.54) is 18.4 Å². The minimum atomic E-state index is 0.409. The Hall–Kier alpha value is -0.280. The fourth-order valence-corrected chi connectivity index (χ4v) is 3.01. The van der Waals surface area contributed by atoms with Crippen LogP contribution in [0.3, 0.4) is 0 Å². The van der Waals surface area contributed by atoms with E-state index < -0.39 is 0 Å². The second-order valence-corrected chi connectivity index (χ2v) is 6.29. The summed E-state index contributed by atoms with van der Waals surface area (Å²) in [5, 5.41) is 4.88. The lowest BCUT2D eigenvalue weighted by atomic mass is 9.99. The largest absolute Gasteiger partial charge is 0.378 e. The molecule has 0 spiro atoms. The van der Waals surface area contributed by atoms with Crippen molar-refractivity contribution in [2.75, 3.05) is 13.2 Å². The summed E-state index contributed by atoms with van der Waals surface area (Å²) in [6, 6.07) is 6.35. The highest BCUT2D eigenvalue weighted by Gasteiger charge is 2.20.